The fourth-order valence-corrected chi connectivity index (χ4v) is 6.81. The Labute approximate surface area is 243 Å². The highest BCUT2D eigenvalue weighted by Gasteiger charge is 2.26. The first-order valence-corrected chi connectivity index (χ1v) is 14.5. The smallest absolute Gasteiger partial charge is 0.137 e. The number of hydrogen-bond donors (Lipinski definition) is 0. The lowest BCUT2D eigenvalue weighted by Crippen LogP contribution is -2.09. The van der Waals surface area contributed by atoms with E-state index in [1.807, 2.05) is 18.3 Å². The van der Waals surface area contributed by atoms with E-state index in [2.05, 4.69) is 120 Å². The van der Waals surface area contributed by atoms with E-state index in [1.54, 1.807) is 0 Å². The molecule has 5 aromatic carbocycles. The van der Waals surface area contributed by atoms with Crippen molar-refractivity contribution in [2.24, 2.45) is 0 Å². The zero-order valence-corrected chi connectivity index (χ0v) is 22.9. The number of furan rings is 1. The lowest BCUT2D eigenvalue weighted by atomic mass is 9.87. The fraction of sp³-hybridized carbons (Fsp3) is 0.0513. The van der Waals surface area contributed by atoms with Crippen LogP contribution in [0.4, 0.5) is 0 Å². The van der Waals surface area contributed by atoms with Gasteiger partial charge in [-0.2, -0.15) is 0 Å². The molecule has 0 N–H and O–H groups in total. The van der Waals surface area contributed by atoms with Gasteiger partial charge in [-0.15, -0.1) is 0 Å². The highest BCUT2D eigenvalue weighted by Crippen LogP contribution is 2.44. The van der Waals surface area contributed by atoms with Gasteiger partial charge in [-0.3, -0.25) is 4.57 Å². The summed E-state index contributed by atoms with van der Waals surface area (Å²) in [5.41, 5.74) is 13.2. The normalized spacial score (nSPS) is 12.6. The first-order chi connectivity index (χ1) is 20.8. The second-order valence-electron chi connectivity index (χ2n) is 11.1. The Morgan fingerprint density at radius 2 is 1.29 bits per heavy atom. The van der Waals surface area contributed by atoms with Gasteiger partial charge in [0.25, 0.3) is 0 Å². The van der Waals surface area contributed by atoms with Crippen LogP contribution in [0.15, 0.2) is 138 Å². The van der Waals surface area contributed by atoms with Crippen LogP contribution in [0.5, 0.6) is 0 Å². The summed E-state index contributed by atoms with van der Waals surface area (Å²) in [4.78, 5) is 4.91. The van der Waals surface area contributed by atoms with E-state index in [0.29, 0.717) is 0 Å². The molecule has 0 spiro atoms. The Morgan fingerprint density at radius 1 is 0.548 bits per heavy atom. The molecule has 8 aromatic rings. The summed E-state index contributed by atoms with van der Waals surface area (Å²) < 4.78 is 8.50. The number of para-hydroxylation sites is 1. The highest BCUT2D eigenvalue weighted by atomic mass is 16.3. The zero-order chi connectivity index (χ0) is 27.6. The fourth-order valence-electron chi connectivity index (χ4n) is 6.81. The summed E-state index contributed by atoms with van der Waals surface area (Å²) in [6.07, 6.45) is 3.93. The predicted molar refractivity (Wildman–Crippen MR) is 172 cm³/mol. The van der Waals surface area contributed by atoms with Crippen molar-refractivity contribution in [3.63, 3.8) is 0 Å². The van der Waals surface area contributed by atoms with Gasteiger partial charge in [0.15, 0.2) is 0 Å². The van der Waals surface area contributed by atoms with Crippen LogP contribution in [0.25, 0.3) is 72.0 Å². The maximum atomic E-state index is 6.11. The van der Waals surface area contributed by atoms with Crippen LogP contribution < -0.4 is 0 Å². The lowest BCUT2D eigenvalue weighted by molar-refractivity contribution is 0.669. The molecular formula is C39H26N2O. The van der Waals surface area contributed by atoms with Crippen molar-refractivity contribution in [1.29, 1.82) is 0 Å². The van der Waals surface area contributed by atoms with Crippen molar-refractivity contribution in [2.75, 3.05) is 0 Å². The topological polar surface area (TPSA) is 31.0 Å². The quantitative estimate of drug-likeness (QED) is 0.224. The van der Waals surface area contributed by atoms with Crippen LogP contribution in [0.1, 0.15) is 11.3 Å². The van der Waals surface area contributed by atoms with E-state index < -0.39 is 0 Å². The van der Waals surface area contributed by atoms with Crippen LogP contribution in [-0.2, 0) is 12.8 Å². The first kappa shape index (κ1) is 23.3. The van der Waals surface area contributed by atoms with Gasteiger partial charge in [-0.25, -0.2) is 4.98 Å². The van der Waals surface area contributed by atoms with Gasteiger partial charge in [0.05, 0.1) is 5.52 Å². The molecule has 1 aliphatic carbocycles. The Kier molecular flexibility index (Phi) is 5.02. The molecule has 3 heterocycles. The number of rotatable bonds is 3. The molecule has 0 aliphatic heterocycles. The third-order valence-corrected chi connectivity index (χ3v) is 8.77. The standard InChI is InChI=1S/C39H26N2O/c1-2-8-25(9-3-1)29-20-21-40-38(24-29)41-34-17-15-27(23-33(34)39-30-11-5-4-10-26(30)14-18-35(39)41)28-16-19-37-32(22-28)31-12-6-7-13-36(31)42-37/h1-13,15-17,19-24H,14,18H2. The maximum Gasteiger partial charge on any atom is 0.137 e. The van der Waals surface area contributed by atoms with Crippen LogP contribution >= 0.6 is 0 Å². The number of hydrogen-bond acceptors (Lipinski definition) is 2. The number of benzene rings is 5. The van der Waals surface area contributed by atoms with Crippen molar-refractivity contribution in [1.82, 2.24) is 9.55 Å². The van der Waals surface area contributed by atoms with E-state index in [1.165, 1.54) is 55.5 Å². The SMILES string of the molecule is c1ccc(-c2ccnc(-n3c4c(c5cc(-c6ccc7oc8ccccc8c7c6)ccc53)-c3ccccc3CC4)c2)cc1. The van der Waals surface area contributed by atoms with Gasteiger partial charge >= 0.3 is 0 Å². The van der Waals surface area contributed by atoms with Gasteiger partial charge in [-0.1, -0.05) is 84.9 Å². The summed E-state index contributed by atoms with van der Waals surface area (Å²) in [5, 5.41) is 3.56. The van der Waals surface area contributed by atoms with Crippen molar-refractivity contribution < 1.29 is 4.42 Å². The van der Waals surface area contributed by atoms with Crippen molar-refractivity contribution in [2.45, 2.75) is 12.8 Å². The predicted octanol–water partition coefficient (Wildman–Crippen LogP) is 10.0. The van der Waals surface area contributed by atoms with Crippen LogP contribution in [-0.4, -0.2) is 9.55 Å². The van der Waals surface area contributed by atoms with E-state index >= 15 is 0 Å². The first-order valence-electron chi connectivity index (χ1n) is 14.5. The van der Waals surface area contributed by atoms with Gasteiger partial charge in [0, 0.05) is 33.6 Å². The minimum absolute atomic E-state index is 0.919. The number of fused-ring (bicyclic) bond motifs is 8. The Bertz CT molecular complexity index is 2310. The van der Waals surface area contributed by atoms with Crippen LogP contribution in [0.3, 0.4) is 0 Å². The molecule has 1 aliphatic rings. The van der Waals surface area contributed by atoms with Gasteiger partial charge in [-0.05, 0) is 88.7 Å². The van der Waals surface area contributed by atoms with E-state index in [0.717, 1.165) is 40.6 Å². The number of nitrogens with zero attached hydrogens (tertiary/aromatic N) is 2. The maximum absolute atomic E-state index is 6.11. The Morgan fingerprint density at radius 3 is 2.21 bits per heavy atom. The molecule has 42 heavy (non-hydrogen) atoms. The molecule has 0 radical (unpaired) electrons. The minimum Gasteiger partial charge on any atom is -0.456 e. The Balaban J connectivity index is 1.28. The Hall–Kier alpha value is -5.41. The highest BCUT2D eigenvalue weighted by molar-refractivity contribution is 6.07. The largest absolute Gasteiger partial charge is 0.456 e. The molecule has 0 saturated carbocycles. The molecule has 3 heteroatoms. The molecule has 3 nitrogen and oxygen atoms in total. The average molecular weight is 539 g/mol. The summed E-state index contributed by atoms with van der Waals surface area (Å²) in [5.74, 6) is 0.959. The molecular weight excluding hydrogens is 512 g/mol. The third-order valence-electron chi connectivity index (χ3n) is 8.77. The van der Waals surface area contributed by atoms with Gasteiger partial charge < -0.3 is 4.42 Å². The second kappa shape index (κ2) is 9.05. The summed E-state index contributed by atoms with van der Waals surface area (Å²) in [7, 11) is 0. The number of aryl methyl sites for hydroxylation is 1. The molecule has 0 bridgehead atoms. The molecule has 0 atom stereocenters. The van der Waals surface area contributed by atoms with Gasteiger partial charge in [0.1, 0.15) is 17.0 Å². The van der Waals surface area contributed by atoms with Crippen molar-refractivity contribution in [3.8, 4) is 39.2 Å². The minimum atomic E-state index is 0.919. The van der Waals surface area contributed by atoms with Crippen molar-refractivity contribution >= 4 is 32.8 Å². The zero-order valence-electron chi connectivity index (χ0n) is 22.9. The van der Waals surface area contributed by atoms with E-state index in [4.69, 9.17) is 9.40 Å². The van der Waals surface area contributed by atoms with Gasteiger partial charge in [0.2, 0.25) is 0 Å². The number of aromatic nitrogens is 2. The van der Waals surface area contributed by atoms with E-state index in [9.17, 15) is 0 Å². The van der Waals surface area contributed by atoms with Crippen LogP contribution in [0, 0.1) is 0 Å². The number of pyridine rings is 1. The third kappa shape index (κ3) is 3.50. The molecule has 0 saturated heterocycles. The molecule has 0 fully saturated rings. The molecule has 0 unspecified atom stereocenters. The molecule has 0 amide bonds. The average Bonchev–Trinajstić information content (AvgIpc) is 3.60. The summed E-state index contributed by atoms with van der Waals surface area (Å²) >= 11 is 0. The lowest BCUT2D eigenvalue weighted by Gasteiger charge is -2.19. The summed E-state index contributed by atoms with van der Waals surface area (Å²) in [6.45, 7) is 0. The second-order valence-corrected chi connectivity index (χ2v) is 11.1. The van der Waals surface area contributed by atoms with Crippen LogP contribution in [0.2, 0.25) is 0 Å². The summed E-state index contributed by atoms with van der Waals surface area (Å²) in [6, 6.07) is 45.5. The molecule has 9 rings (SSSR count). The van der Waals surface area contributed by atoms with E-state index in [-0.39, 0.29) is 0 Å². The molecule has 3 aromatic heterocycles. The van der Waals surface area contributed by atoms with Crippen molar-refractivity contribution in [3.05, 3.63) is 145 Å². The monoisotopic (exact) mass is 538 g/mol. The molecule has 198 valence electrons.